The fraction of sp³-hybridized carbons (Fsp3) is 0.176. The number of benzene rings is 1. The van der Waals surface area contributed by atoms with Crippen LogP contribution in [0.15, 0.2) is 54.7 Å². The third kappa shape index (κ3) is 15.5. The second-order valence-corrected chi connectivity index (χ2v) is 5.00. The van der Waals surface area contributed by atoms with Gasteiger partial charge in [0.15, 0.2) is 0 Å². The first kappa shape index (κ1) is 40.1. The van der Waals surface area contributed by atoms with Crippen molar-refractivity contribution in [1.29, 1.82) is 0 Å². The van der Waals surface area contributed by atoms with Crippen molar-refractivity contribution in [3.8, 4) is 11.3 Å². The number of aliphatic hydroxyl groups is 1. The van der Waals surface area contributed by atoms with Crippen LogP contribution in [0.2, 0.25) is 0 Å². The Morgan fingerprint density at radius 2 is 1.23 bits per heavy atom. The van der Waals surface area contributed by atoms with Crippen molar-refractivity contribution in [2.75, 3.05) is 0 Å². The zero-order valence-corrected chi connectivity index (χ0v) is 23.0. The van der Waals surface area contributed by atoms with E-state index >= 15 is 0 Å². The Morgan fingerprint density at radius 3 is 1.57 bits per heavy atom. The van der Waals surface area contributed by atoms with Gasteiger partial charge in [0.1, 0.15) is 5.60 Å². The van der Waals surface area contributed by atoms with Gasteiger partial charge in [0.25, 0.3) is 0 Å². The minimum absolute atomic E-state index is 0. The molecule has 1 aromatic carbocycles. The van der Waals surface area contributed by atoms with Crippen molar-refractivity contribution < 1.29 is 134 Å². The van der Waals surface area contributed by atoms with Crippen LogP contribution in [-0.2, 0) is 14.4 Å². The van der Waals surface area contributed by atoms with Crippen LogP contribution in [0, 0.1) is 0 Å². The Bertz CT molecular complexity index is 680. The van der Waals surface area contributed by atoms with E-state index in [0.29, 0.717) is 0 Å². The van der Waals surface area contributed by atoms with Crippen molar-refractivity contribution in [3.05, 3.63) is 54.7 Å². The van der Waals surface area contributed by atoms with E-state index in [-0.39, 0.29) is 99.6 Å². The van der Waals surface area contributed by atoms with Gasteiger partial charge in [-0.3, -0.25) is 4.98 Å². The van der Waals surface area contributed by atoms with E-state index in [2.05, 4.69) is 17.1 Å². The van der Waals surface area contributed by atoms with Crippen molar-refractivity contribution in [2.24, 2.45) is 0 Å². The molecular weight excluding hydrogens is 431 g/mol. The molecule has 0 saturated carbocycles. The second-order valence-electron chi connectivity index (χ2n) is 5.00. The number of hydrogen-bond acceptors (Lipinski definition) is 8. The predicted molar refractivity (Wildman–Crippen MR) is 86.1 cm³/mol. The molecule has 5 N–H and O–H groups in total. The van der Waals surface area contributed by atoms with Gasteiger partial charge in [0.2, 0.25) is 0 Å². The molecule has 0 fully saturated rings. The van der Waals surface area contributed by atoms with Crippen molar-refractivity contribution in [3.63, 3.8) is 0 Å². The molecule has 1 aromatic heterocycles. The smallest absolute Gasteiger partial charge is 0.550 e. The fourth-order valence-electron chi connectivity index (χ4n) is 1.83. The molecule has 0 amide bonds. The summed E-state index contributed by atoms with van der Waals surface area (Å²) in [5.74, 6) is -5.98. The van der Waals surface area contributed by atoms with E-state index < -0.39 is 36.4 Å². The van der Waals surface area contributed by atoms with E-state index in [1.807, 2.05) is 42.6 Å². The first-order valence-corrected chi connectivity index (χ1v) is 7.04. The number of rotatable bonds is 6. The van der Waals surface area contributed by atoms with Gasteiger partial charge in [-0.15, -0.1) is 0 Å². The van der Waals surface area contributed by atoms with Crippen LogP contribution in [0.4, 0.5) is 0 Å². The molecule has 2 rings (SSSR count). The summed E-state index contributed by atoms with van der Waals surface area (Å²) in [6.45, 7) is 0. The van der Waals surface area contributed by atoms with Gasteiger partial charge in [0.05, 0.1) is 11.7 Å². The molecular formula is C17H18NNa3O9. The molecule has 1 heterocycles. The van der Waals surface area contributed by atoms with E-state index in [9.17, 15) is 29.7 Å². The summed E-state index contributed by atoms with van der Waals surface area (Å²) in [7, 11) is 0. The summed E-state index contributed by atoms with van der Waals surface area (Å²) in [5, 5.41) is 38.9. The predicted octanol–water partition coefficient (Wildman–Crippen LogP) is -13.1. The minimum atomic E-state index is -2.97. The molecule has 0 aliphatic rings. The zero-order valence-electron chi connectivity index (χ0n) is 17.0. The van der Waals surface area contributed by atoms with E-state index in [0.717, 1.165) is 11.3 Å². The largest absolute Gasteiger partial charge is 1.00 e. The quantitative estimate of drug-likeness (QED) is 0.417. The van der Waals surface area contributed by atoms with E-state index in [1.54, 1.807) is 0 Å². The number of carboxylic acid groups (broad SMARTS) is 3. The third-order valence-electron chi connectivity index (χ3n) is 2.99. The molecule has 0 aliphatic carbocycles. The van der Waals surface area contributed by atoms with E-state index in [1.165, 1.54) is 0 Å². The van der Waals surface area contributed by atoms with Crippen molar-refractivity contribution in [1.82, 2.24) is 4.98 Å². The molecule has 0 saturated heterocycles. The fourth-order valence-corrected chi connectivity index (χ4v) is 1.83. The molecule has 0 spiro atoms. The van der Waals surface area contributed by atoms with Crippen LogP contribution in [0.3, 0.4) is 0 Å². The van der Waals surface area contributed by atoms with Crippen LogP contribution < -0.4 is 104 Å². The van der Waals surface area contributed by atoms with E-state index in [4.69, 9.17) is 5.11 Å². The summed E-state index contributed by atoms with van der Waals surface area (Å²) in [6, 6.07) is 16.1. The normalized spacial score (nSPS) is 8.57. The SMILES string of the molecule is O.O.O=C([O-])CC(O)(CC(=O)[O-])C(=O)[O-].[Na+].[Na+].[Na+].c1ccc(-c2ccccn2)cc1. The number of pyridine rings is 1. The molecule has 10 nitrogen and oxygen atoms in total. The van der Waals surface area contributed by atoms with Gasteiger partial charge in [-0.25, -0.2) is 0 Å². The molecule has 148 valence electrons. The van der Waals surface area contributed by atoms with Crippen molar-refractivity contribution >= 4 is 17.9 Å². The van der Waals surface area contributed by atoms with Gasteiger partial charge in [-0.05, 0) is 12.1 Å². The third-order valence-corrected chi connectivity index (χ3v) is 2.99. The summed E-state index contributed by atoms with van der Waals surface area (Å²) in [4.78, 5) is 34.2. The maximum absolute atomic E-state index is 10.1. The Labute approximate surface area is 239 Å². The van der Waals surface area contributed by atoms with Gasteiger partial charge in [0, 0.05) is 36.5 Å². The number of carbonyl (C=O) groups excluding carboxylic acids is 3. The average molecular weight is 449 g/mol. The number of carboxylic acids is 3. The molecule has 0 bridgehead atoms. The summed E-state index contributed by atoms with van der Waals surface area (Å²) >= 11 is 0. The van der Waals surface area contributed by atoms with Gasteiger partial charge in [-0.2, -0.15) is 0 Å². The Kier molecular flexibility index (Phi) is 27.5. The van der Waals surface area contributed by atoms with Gasteiger partial charge < -0.3 is 45.8 Å². The molecule has 0 unspecified atom stereocenters. The molecule has 13 heteroatoms. The standard InChI is InChI=1S/C11H9N.C6H8O7.3Na.2H2O/c1-2-6-10(7-3-1)11-8-4-5-9-12-11;7-3(8)1-6(13,5(11)12)2-4(9)10;;;;;/h1-9H;13H,1-2H2,(H,7,8)(H,9,10)(H,11,12);;;;2*1H2/q;;3*+1;;/p-3. The Hall–Kier alpha value is -0.340. The number of carbonyl (C=O) groups is 3. The Balaban J connectivity index is -0.000000119. The molecule has 0 atom stereocenters. The van der Waals surface area contributed by atoms with Gasteiger partial charge in [-0.1, -0.05) is 36.4 Å². The molecule has 0 aliphatic heterocycles. The average Bonchev–Trinajstić information content (AvgIpc) is 2.55. The van der Waals surface area contributed by atoms with Crippen LogP contribution in [0.5, 0.6) is 0 Å². The summed E-state index contributed by atoms with van der Waals surface area (Å²) < 4.78 is 0. The maximum atomic E-state index is 10.1. The van der Waals surface area contributed by atoms with Crippen LogP contribution >= 0.6 is 0 Å². The van der Waals surface area contributed by atoms with Crippen LogP contribution in [0.25, 0.3) is 11.3 Å². The monoisotopic (exact) mass is 449 g/mol. The van der Waals surface area contributed by atoms with Gasteiger partial charge >= 0.3 is 88.7 Å². The Morgan fingerprint density at radius 1 is 0.800 bits per heavy atom. The first-order valence-electron chi connectivity index (χ1n) is 7.04. The topological polar surface area (TPSA) is 217 Å². The summed E-state index contributed by atoms with van der Waals surface area (Å²) in [6.07, 6.45) is -0.908. The summed E-state index contributed by atoms with van der Waals surface area (Å²) in [5.41, 5.74) is -0.784. The van der Waals surface area contributed by atoms with Crippen LogP contribution in [-0.4, -0.2) is 44.6 Å². The van der Waals surface area contributed by atoms with Crippen molar-refractivity contribution in [2.45, 2.75) is 18.4 Å². The second kappa shape index (κ2) is 20.6. The molecule has 30 heavy (non-hydrogen) atoms. The number of aliphatic carboxylic acids is 3. The molecule has 2 aromatic rings. The molecule has 0 radical (unpaired) electrons. The minimum Gasteiger partial charge on any atom is -0.550 e. The first-order chi connectivity index (χ1) is 11.7. The maximum Gasteiger partial charge on any atom is 1.00 e. The number of nitrogens with zero attached hydrogens (tertiary/aromatic N) is 1. The number of aromatic nitrogens is 1. The van der Waals surface area contributed by atoms with Crippen LogP contribution in [0.1, 0.15) is 12.8 Å². The zero-order chi connectivity index (χ0) is 18.9. The number of hydrogen-bond donors (Lipinski definition) is 1.